The van der Waals surface area contributed by atoms with Gasteiger partial charge in [-0.3, -0.25) is 9.69 Å². The van der Waals surface area contributed by atoms with Crippen molar-refractivity contribution < 1.29 is 14.3 Å². The number of likely N-dealkylation sites (N-methyl/N-ethyl adjacent to an activating group) is 1. The van der Waals surface area contributed by atoms with Crippen molar-refractivity contribution in [1.29, 1.82) is 0 Å². The van der Waals surface area contributed by atoms with Crippen molar-refractivity contribution in [2.24, 2.45) is 5.92 Å². The molecule has 1 fully saturated rings. The molecule has 1 aliphatic rings. The molecule has 0 N–H and O–H groups in total. The highest BCUT2D eigenvalue weighted by Crippen LogP contribution is 2.13. The highest BCUT2D eigenvalue weighted by atomic mass is 16.6. The fraction of sp³-hybridized carbons (Fsp3) is 0.600. The van der Waals surface area contributed by atoms with Crippen molar-refractivity contribution in [2.45, 2.75) is 33.2 Å². The van der Waals surface area contributed by atoms with E-state index in [9.17, 15) is 9.59 Å². The van der Waals surface area contributed by atoms with Crippen LogP contribution in [0.1, 0.15) is 27.2 Å². The van der Waals surface area contributed by atoms with Gasteiger partial charge in [-0.25, -0.2) is 4.79 Å². The maximum atomic E-state index is 12.5. The van der Waals surface area contributed by atoms with Gasteiger partial charge in [-0.1, -0.05) is 32.0 Å². The Morgan fingerprint density at radius 1 is 1.08 bits per heavy atom. The molecule has 1 aliphatic heterocycles. The van der Waals surface area contributed by atoms with Crippen molar-refractivity contribution in [3.8, 4) is 5.75 Å². The first-order chi connectivity index (χ1) is 12.4. The van der Waals surface area contributed by atoms with Crippen LogP contribution < -0.4 is 4.74 Å². The van der Waals surface area contributed by atoms with E-state index in [1.54, 1.807) is 17.0 Å². The van der Waals surface area contributed by atoms with Crippen LogP contribution in [0.5, 0.6) is 5.75 Å². The van der Waals surface area contributed by atoms with Crippen molar-refractivity contribution in [3.05, 3.63) is 30.3 Å². The number of rotatable bonds is 6. The summed E-state index contributed by atoms with van der Waals surface area (Å²) in [6.45, 7) is 9.35. The molecule has 2 rings (SSSR count). The van der Waals surface area contributed by atoms with Crippen LogP contribution in [0, 0.1) is 5.92 Å². The van der Waals surface area contributed by atoms with Gasteiger partial charge in [0.25, 0.3) is 0 Å². The second-order valence-electron chi connectivity index (χ2n) is 7.43. The van der Waals surface area contributed by atoms with Crippen LogP contribution in [0.4, 0.5) is 4.79 Å². The zero-order valence-electron chi connectivity index (χ0n) is 16.4. The van der Waals surface area contributed by atoms with Crippen LogP contribution in [-0.4, -0.2) is 72.5 Å². The van der Waals surface area contributed by atoms with Crippen molar-refractivity contribution in [2.75, 3.05) is 39.8 Å². The van der Waals surface area contributed by atoms with Crippen molar-refractivity contribution in [3.63, 3.8) is 0 Å². The highest BCUT2D eigenvalue weighted by Gasteiger charge is 2.25. The number of hydrogen-bond acceptors (Lipinski definition) is 4. The lowest BCUT2D eigenvalue weighted by molar-refractivity contribution is -0.133. The van der Waals surface area contributed by atoms with E-state index >= 15 is 0 Å². The minimum Gasteiger partial charge on any atom is -0.410 e. The Balaban J connectivity index is 1.75. The Bertz CT molecular complexity index is 583. The first kappa shape index (κ1) is 20.2. The minimum absolute atomic E-state index is 0.137. The van der Waals surface area contributed by atoms with Gasteiger partial charge in [0.15, 0.2) is 0 Å². The summed E-state index contributed by atoms with van der Waals surface area (Å²) in [5.41, 5.74) is 0. The molecule has 1 aromatic rings. The number of para-hydroxylation sites is 1. The molecule has 0 aromatic heterocycles. The van der Waals surface area contributed by atoms with Gasteiger partial charge in [0, 0.05) is 39.3 Å². The van der Waals surface area contributed by atoms with E-state index in [2.05, 4.69) is 25.7 Å². The molecule has 0 radical (unpaired) electrons. The molecule has 0 aliphatic carbocycles. The van der Waals surface area contributed by atoms with Crippen molar-refractivity contribution >= 4 is 12.0 Å². The standard InChI is InChI=1S/C20H31N3O3/c1-16(2)14-17(3)21(4)19(24)15-22-10-12-23(13-11-22)20(25)26-18-8-6-5-7-9-18/h5-9,16-17H,10-15H2,1-4H3. The van der Waals surface area contributed by atoms with Crippen LogP contribution in [0.15, 0.2) is 30.3 Å². The number of ether oxygens (including phenoxy) is 1. The molecule has 0 saturated carbocycles. The van der Waals surface area contributed by atoms with Crippen LogP contribution >= 0.6 is 0 Å². The summed E-state index contributed by atoms with van der Waals surface area (Å²) in [6.07, 6.45) is 0.672. The lowest BCUT2D eigenvalue weighted by atomic mass is 10.0. The fourth-order valence-corrected chi connectivity index (χ4v) is 3.13. The number of carbonyl (C=O) groups excluding carboxylic acids is 2. The molecular weight excluding hydrogens is 330 g/mol. The van der Waals surface area contributed by atoms with E-state index in [1.165, 1.54) is 0 Å². The summed E-state index contributed by atoms with van der Waals surface area (Å²) in [7, 11) is 1.88. The molecule has 1 saturated heterocycles. The second-order valence-corrected chi connectivity index (χ2v) is 7.43. The third kappa shape index (κ3) is 6.02. The summed E-state index contributed by atoms with van der Waals surface area (Å²) in [5.74, 6) is 1.26. The molecule has 1 atom stereocenters. The minimum atomic E-state index is -0.329. The molecule has 1 heterocycles. The van der Waals surface area contributed by atoms with E-state index in [4.69, 9.17) is 4.74 Å². The maximum Gasteiger partial charge on any atom is 0.415 e. The van der Waals surface area contributed by atoms with Crippen molar-refractivity contribution in [1.82, 2.24) is 14.7 Å². The molecule has 0 spiro atoms. The molecular formula is C20H31N3O3. The third-order valence-electron chi connectivity index (χ3n) is 4.80. The summed E-state index contributed by atoms with van der Waals surface area (Å²) in [5, 5.41) is 0. The van der Waals surface area contributed by atoms with Crippen LogP contribution in [0.25, 0.3) is 0 Å². The fourth-order valence-electron chi connectivity index (χ4n) is 3.13. The average molecular weight is 361 g/mol. The molecule has 6 heteroatoms. The molecule has 144 valence electrons. The summed E-state index contributed by atoms with van der Waals surface area (Å²) < 4.78 is 5.37. The van der Waals surface area contributed by atoms with E-state index in [-0.39, 0.29) is 18.0 Å². The van der Waals surface area contributed by atoms with E-state index in [1.807, 2.05) is 30.1 Å². The number of piperazine rings is 1. The first-order valence-corrected chi connectivity index (χ1v) is 9.36. The molecule has 6 nitrogen and oxygen atoms in total. The molecule has 1 aromatic carbocycles. The number of amides is 2. The number of benzene rings is 1. The van der Waals surface area contributed by atoms with Gasteiger partial charge in [-0.15, -0.1) is 0 Å². The Morgan fingerprint density at radius 3 is 2.27 bits per heavy atom. The average Bonchev–Trinajstić information content (AvgIpc) is 2.61. The third-order valence-corrected chi connectivity index (χ3v) is 4.80. The second kappa shape index (κ2) is 9.57. The van der Waals surface area contributed by atoms with E-state index in [0.29, 0.717) is 44.4 Å². The predicted molar refractivity (Wildman–Crippen MR) is 102 cm³/mol. The Labute approximate surface area is 156 Å². The largest absolute Gasteiger partial charge is 0.415 e. The first-order valence-electron chi connectivity index (χ1n) is 9.36. The van der Waals surface area contributed by atoms with Gasteiger partial charge in [-0.05, 0) is 31.4 Å². The van der Waals surface area contributed by atoms with Gasteiger partial charge in [0.05, 0.1) is 6.54 Å². The van der Waals surface area contributed by atoms with Crippen LogP contribution in [-0.2, 0) is 4.79 Å². The molecule has 2 amide bonds. The van der Waals surface area contributed by atoms with Crippen LogP contribution in [0.3, 0.4) is 0 Å². The van der Waals surface area contributed by atoms with E-state index in [0.717, 1.165) is 6.42 Å². The lowest BCUT2D eigenvalue weighted by Gasteiger charge is -2.35. The number of nitrogens with zero attached hydrogens (tertiary/aromatic N) is 3. The smallest absolute Gasteiger partial charge is 0.410 e. The van der Waals surface area contributed by atoms with Crippen LogP contribution in [0.2, 0.25) is 0 Å². The predicted octanol–water partition coefficient (Wildman–Crippen LogP) is 2.70. The monoisotopic (exact) mass is 361 g/mol. The van der Waals surface area contributed by atoms with Gasteiger partial charge < -0.3 is 14.5 Å². The number of carbonyl (C=O) groups is 2. The summed E-state index contributed by atoms with van der Waals surface area (Å²) in [4.78, 5) is 30.3. The highest BCUT2D eigenvalue weighted by molar-refractivity contribution is 5.78. The molecule has 1 unspecified atom stereocenters. The Kier molecular flexibility index (Phi) is 7.45. The molecule has 0 bridgehead atoms. The molecule has 26 heavy (non-hydrogen) atoms. The maximum absolute atomic E-state index is 12.5. The summed E-state index contributed by atoms with van der Waals surface area (Å²) in [6, 6.07) is 9.32. The topological polar surface area (TPSA) is 53.1 Å². The van der Waals surface area contributed by atoms with Gasteiger partial charge in [-0.2, -0.15) is 0 Å². The zero-order valence-corrected chi connectivity index (χ0v) is 16.4. The van der Waals surface area contributed by atoms with E-state index < -0.39 is 0 Å². The van der Waals surface area contributed by atoms with Gasteiger partial charge >= 0.3 is 6.09 Å². The van der Waals surface area contributed by atoms with Gasteiger partial charge in [0.1, 0.15) is 5.75 Å². The number of hydrogen-bond donors (Lipinski definition) is 0. The summed E-state index contributed by atoms with van der Waals surface area (Å²) >= 11 is 0. The zero-order chi connectivity index (χ0) is 19.1. The normalized spacial score (nSPS) is 16.4. The lowest BCUT2D eigenvalue weighted by Crippen LogP contribution is -2.52. The Hall–Kier alpha value is -2.08. The SMILES string of the molecule is CC(C)CC(C)N(C)C(=O)CN1CCN(C(=O)Oc2ccccc2)CC1. The quantitative estimate of drug-likeness (QED) is 0.782. The Morgan fingerprint density at radius 2 is 1.69 bits per heavy atom. The van der Waals surface area contributed by atoms with Gasteiger partial charge in [0.2, 0.25) is 5.91 Å².